The molecule has 1 N–H and O–H groups in total. The lowest BCUT2D eigenvalue weighted by Gasteiger charge is -2.29. The van der Waals surface area contributed by atoms with E-state index in [9.17, 15) is 4.39 Å². The Kier molecular flexibility index (Phi) is 5.72. The number of fused-ring (bicyclic) bond motifs is 1. The first-order valence-corrected chi connectivity index (χ1v) is 9.73. The molecule has 7 heteroatoms. The Balaban J connectivity index is 1.79. The van der Waals surface area contributed by atoms with Crippen LogP contribution in [0.15, 0.2) is 48.8 Å². The van der Waals surface area contributed by atoms with Crippen LogP contribution in [0.25, 0.3) is 22.2 Å². The SMILES string of the molecule is C=C(C=N)Cc1cc(-c2ncnc3cc(N4CCOCC4)ccc23)c(F)cc1OC. The van der Waals surface area contributed by atoms with Crippen molar-refractivity contribution in [1.29, 1.82) is 5.41 Å². The molecular weight excluding hydrogens is 383 g/mol. The lowest BCUT2D eigenvalue weighted by molar-refractivity contribution is 0.122. The number of morpholine rings is 1. The van der Waals surface area contributed by atoms with Gasteiger partial charge in [-0.05, 0) is 35.4 Å². The maximum absolute atomic E-state index is 15.0. The van der Waals surface area contributed by atoms with Crippen molar-refractivity contribution >= 4 is 22.8 Å². The number of allylic oxidation sites excluding steroid dienone is 1. The van der Waals surface area contributed by atoms with Gasteiger partial charge in [-0.2, -0.15) is 0 Å². The smallest absolute Gasteiger partial charge is 0.136 e. The lowest BCUT2D eigenvalue weighted by Crippen LogP contribution is -2.36. The molecule has 0 spiro atoms. The first-order chi connectivity index (χ1) is 14.6. The molecule has 0 atom stereocenters. The summed E-state index contributed by atoms with van der Waals surface area (Å²) in [5.41, 5.74) is 4.07. The quantitative estimate of drug-likeness (QED) is 0.626. The second-order valence-electron chi connectivity index (χ2n) is 7.15. The first kappa shape index (κ1) is 20.0. The van der Waals surface area contributed by atoms with E-state index in [1.54, 1.807) is 6.07 Å². The Morgan fingerprint density at radius 2 is 2.07 bits per heavy atom. The molecular formula is C23H23FN4O2. The van der Waals surface area contributed by atoms with Gasteiger partial charge >= 0.3 is 0 Å². The Labute approximate surface area is 174 Å². The number of ether oxygens (including phenoxy) is 2. The molecule has 4 rings (SSSR count). The number of benzene rings is 2. The predicted molar refractivity (Wildman–Crippen MR) is 116 cm³/mol. The van der Waals surface area contributed by atoms with E-state index in [2.05, 4.69) is 21.4 Å². The summed E-state index contributed by atoms with van der Waals surface area (Å²) in [7, 11) is 1.50. The highest BCUT2D eigenvalue weighted by molar-refractivity contribution is 5.94. The van der Waals surface area contributed by atoms with Crippen molar-refractivity contribution in [2.75, 3.05) is 38.3 Å². The molecule has 2 heterocycles. The fourth-order valence-corrected chi connectivity index (χ4v) is 3.68. The molecule has 30 heavy (non-hydrogen) atoms. The second-order valence-corrected chi connectivity index (χ2v) is 7.15. The van der Waals surface area contributed by atoms with Crippen LogP contribution in [0.1, 0.15) is 5.56 Å². The van der Waals surface area contributed by atoms with Crippen LogP contribution in [0.5, 0.6) is 5.75 Å². The second kappa shape index (κ2) is 8.59. The number of hydrogen-bond acceptors (Lipinski definition) is 6. The zero-order chi connectivity index (χ0) is 21.1. The maximum atomic E-state index is 15.0. The van der Waals surface area contributed by atoms with E-state index in [1.807, 2.05) is 18.2 Å². The normalized spacial score (nSPS) is 14.0. The van der Waals surface area contributed by atoms with Crippen LogP contribution >= 0.6 is 0 Å². The van der Waals surface area contributed by atoms with Crippen LogP contribution in [0.3, 0.4) is 0 Å². The third-order valence-electron chi connectivity index (χ3n) is 5.24. The lowest BCUT2D eigenvalue weighted by atomic mass is 9.99. The Morgan fingerprint density at radius 1 is 1.27 bits per heavy atom. The molecule has 0 unspecified atom stereocenters. The minimum Gasteiger partial charge on any atom is -0.496 e. The average molecular weight is 406 g/mol. The summed E-state index contributed by atoms with van der Waals surface area (Å²) in [5.74, 6) is 0.000497. The summed E-state index contributed by atoms with van der Waals surface area (Å²) in [5, 5.41) is 8.16. The minimum absolute atomic E-state index is 0.370. The van der Waals surface area contributed by atoms with E-state index in [1.165, 1.54) is 25.7 Å². The molecule has 0 bridgehead atoms. The van der Waals surface area contributed by atoms with Gasteiger partial charge in [0.1, 0.15) is 17.9 Å². The van der Waals surface area contributed by atoms with Crippen LogP contribution < -0.4 is 9.64 Å². The fraction of sp³-hybridized carbons (Fsp3) is 0.261. The fourth-order valence-electron chi connectivity index (χ4n) is 3.68. The van der Waals surface area contributed by atoms with Gasteiger partial charge < -0.3 is 19.8 Å². The summed E-state index contributed by atoms with van der Waals surface area (Å²) in [6, 6.07) is 9.04. The standard InChI is InChI=1S/C23H23FN4O2/c1-15(13-25)9-16-10-19(20(24)12-22(16)29-2)23-18-4-3-17(11-21(18)26-14-27-23)28-5-7-30-8-6-28/h3-4,10-14,25H,1,5-9H2,2H3. The van der Waals surface area contributed by atoms with Crippen molar-refractivity contribution in [1.82, 2.24) is 9.97 Å². The molecule has 2 aromatic carbocycles. The number of hydrogen-bond donors (Lipinski definition) is 1. The molecule has 1 aromatic heterocycles. The predicted octanol–water partition coefficient (Wildman–Crippen LogP) is 4.03. The largest absolute Gasteiger partial charge is 0.496 e. The van der Waals surface area contributed by atoms with Gasteiger partial charge in [-0.15, -0.1) is 0 Å². The van der Waals surface area contributed by atoms with Gasteiger partial charge in [0.25, 0.3) is 0 Å². The Bertz CT molecular complexity index is 1110. The monoisotopic (exact) mass is 406 g/mol. The maximum Gasteiger partial charge on any atom is 0.136 e. The van der Waals surface area contributed by atoms with Crippen LogP contribution in [0.4, 0.5) is 10.1 Å². The molecule has 1 saturated heterocycles. The third-order valence-corrected chi connectivity index (χ3v) is 5.24. The van der Waals surface area contributed by atoms with Crippen molar-refractivity contribution in [2.45, 2.75) is 6.42 Å². The van der Waals surface area contributed by atoms with Gasteiger partial charge in [-0.1, -0.05) is 6.58 Å². The summed E-state index contributed by atoms with van der Waals surface area (Å²) >= 11 is 0. The highest BCUT2D eigenvalue weighted by Gasteiger charge is 2.17. The van der Waals surface area contributed by atoms with Gasteiger partial charge in [0.2, 0.25) is 0 Å². The van der Waals surface area contributed by atoms with Gasteiger partial charge in [-0.3, -0.25) is 0 Å². The summed E-state index contributed by atoms with van der Waals surface area (Å²) < 4.78 is 25.7. The molecule has 0 aliphatic carbocycles. The first-order valence-electron chi connectivity index (χ1n) is 9.73. The highest BCUT2D eigenvalue weighted by atomic mass is 19.1. The van der Waals surface area contributed by atoms with Gasteiger partial charge in [0.15, 0.2) is 0 Å². The molecule has 0 radical (unpaired) electrons. The molecule has 0 saturated carbocycles. The van der Waals surface area contributed by atoms with E-state index >= 15 is 0 Å². The molecule has 0 amide bonds. The number of methoxy groups -OCH3 is 1. The van der Waals surface area contributed by atoms with Gasteiger partial charge in [0, 0.05) is 48.4 Å². The summed E-state index contributed by atoms with van der Waals surface area (Å²) in [6.45, 7) is 6.91. The van der Waals surface area contributed by atoms with Gasteiger partial charge in [0.05, 0.1) is 31.5 Å². The van der Waals surface area contributed by atoms with Crippen LogP contribution in [0.2, 0.25) is 0 Å². The topological polar surface area (TPSA) is 71.3 Å². The van der Waals surface area contributed by atoms with Crippen molar-refractivity contribution in [3.63, 3.8) is 0 Å². The summed E-state index contributed by atoms with van der Waals surface area (Å²) in [6.07, 6.45) is 3.04. The number of aromatic nitrogens is 2. The number of halogens is 1. The van der Waals surface area contributed by atoms with Crippen LogP contribution in [-0.2, 0) is 11.2 Å². The van der Waals surface area contributed by atoms with Crippen LogP contribution in [0, 0.1) is 11.2 Å². The van der Waals surface area contributed by atoms with E-state index < -0.39 is 5.82 Å². The zero-order valence-corrected chi connectivity index (χ0v) is 16.8. The number of nitrogens with zero attached hydrogens (tertiary/aromatic N) is 3. The van der Waals surface area contributed by atoms with E-state index in [0.717, 1.165) is 35.2 Å². The molecule has 3 aromatic rings. The molecule has 6 nitrogen and oxygen atoms in total. The highest BCUT2D eigenvalue weighted by Crippen LogP contribution is 2.34. The van der Waals surface area contributed by atoms with E-state index in [4.69, 9.17) is 14.9 Å². The molecule has 1 aliphatic heterocycles. The van der Waals surface area contributed by atoms with Crippen molar-refractivity contribution in [3.05, 3.63) is 60.2 Å². The number of nitrogens with one attached hydrogen (secondary N) is 1. The zero-order valence-electron chi connectivity index (χ0n) is 16.8. The van der Waals surface area contributed by atoms with E-state index in [0.29, 0.717) is 42.2 Å². The van der Waals surface area contributed by atoms with Crippen molar-refractivity contribution in [3.8, 4) is 17.0 Å². The van der Waals surface area contributed by atoms with Gasteiger partial charge in [-0.25, -0.2) is 14.4 Å². The number of rotatable bonds is 6. The third kappa shape index (κ3) is 3.89. The molecule has 154 valence electrons. The van der Waals surface area contributed by atoms with Crippen LogP contribution in [-0.4, -0.2) is 49.6 Å². The van der Waals surface area contributed by atoms with Crippen molar-refractivity contribution < 1.29 is 13.9 Å². The van der Waals surface area contributed by atoms with E-state index in [-0.39, 0.29) is 0 Å². The minimum atomic E-state index is -0.423. The molecule has 1 aliphatic rings. The van der Waals surface area contributed by atoms with Crippen molar-refractivity contribution in [2.24, 2.45) is 0 Å². The summed E-state index contributed by atoms with van der Waals surface area (Å²) in [4.78, 5) is 11.0. The Hall–Kier alpha value is -3.32. The average Bonchev–Trinajstić information content (AvgIpc) is 2.79. The molecule has 1 fully saturated rings. The Morgan fingerprint density at radius 3 is 2.80 bits per heavy atom. The number of anilines is 1.